The Morgan fingerprint density at radius 2 is 2.15 bits per heavy atom. The van der Waals surface area contributed by atoms with E-state index in [4.69, 9.17) is 0 Å². The average Bonchev–Trinajstić information content (AvgIpc) is 3.30. The van der Waals surface area contributed by atoms with E-state index >= 15 is 0 Å². The lowest BCUT2D eigenvalue weighted by Crippen LogP contribution is -2.37. The first kappa shape index (κ1) is 17.5. The predicted molar refractivity (Wildman–Crippen MR) is 98.1 cm³/mol. The van der Waals surface area contributed by atoms with Crippen molar-refractivity contribution in [1.82, 2.24) is 24.4 Å². The summed E-state index contributed by atoms with van der Waals surface area (Å²) in [6.45, 7) is 0.517. The molecule has 4 rings (SSSR count). The summed E-state index contributed by atoms with van der Waals surface area (Å²) in [6, 6.07) is 5.32. The van der Waals surface area contributed by atoms with Crippen LogP contribution in [0, 0.1) is 5.82 Å². The number of carbonyl (C=O) groups is 1. The molecule has 0 bridgehead atoms. The van der Waals surface area contributed by atoms with Gasteiger partial charge in [-0.1, -0.05) is 30.0 Å². The maximum absolute atomic E-state index is 14.4. The van der Waals surface area contributed by atoms with Gasteiger partial charge in [-0.3, -0.25) is 14.2 Å². The third-order valence-electron chi connectivity index (χ3n) is 4.41. The predicted octanol–water partition coefficient (Wildman–Crippen LogP) is 1.74. The van der Waals surface area contributed by atoms with Crippen molar-refractivity contribution in [2.24, 2.45) is 7.05 Å². The number of hydrogen-bond acceptors (Lipinski definition) is 5. The number of benzene rings is 1. The molecule has 0 saturated heterocycles. The van der Waals surface area contributed by atoms with E-state index in [1.54, 1.807) is 42.2 Å². The van der Waals surface area contributed by atoms with Crippen LogP contribution < -0.4 is 10.9 Å². The van der Waals surface area contributed by atoms with Crippen molar-refractivity contribution in [1.29, 1.82) is 0 Å². The standard InChI is InChI=1S/C18H16FN5O2S/c1-23-7-6-20-15(23)14(11-4-2-3-5-13(11)19)22-16(25)12-10-21-18-24(17(12)26)8-9-27-18/h2-7,10,14H,8-9H2,1H3,(H,22,25). The first-order valence-electron chi connectivity index (χ1n) is 8.31. The summed E-state index contributed by atoms with van der Waals surface area (Å²) in [5.74, 6) is 0.124. The highest BCUT2D eigenvalue weighted by Gasteiger charge is 2.26. The molecule has 1 unspecified atom stereocenters. The van der Waals surface area contributed by atoms with Crippen molar-refractivity contribution in [2.75, 3.05) is 5.75 Å². The van der Waals surface area contributed by atoms with Crippen LogP contribution >= 0.6 is 11.8 Å². The number of thioether (sulfide) groups is 1. The van der Waals surface area contributed by atoms with E-state index in [1.165, 1.54) is 28.6 Å². The van der Waals surface area contributed by atoms with E-state index in [1.807, 2.05) is 0 Å². The van der Waals surface area contributed by atoms with E-state index in [0.717, 1.165) is 5.75 Å². The normalized spacial score (nSPS) is 14.0. The zero-order valence-electron chi connectivity index (χ0n) is 14.4. The van der Waals surface area contributed by atoms with Gasteiger partial charge in [0.05, 0.1) is 0 Å². The molecule has 1 N–H and O–H groups in total. The van der Waals surface area contributed by atoms with Gasteiger partial charge >= 0.3 is 0 Å². The van der Waals surface area contributed by atoms with Crippen molar-refractivity contribution in [3.63, 3.8) is 0 Å². The molecule has 3 heterocycles. The van der Waals surface area contributed by atoms with Crippen LogP contribution in [0.4, 0.5) is 4.39 Å². The highest BCUT2D eigenvalue weighted by molar-refractivity contribution is 7.99. The Hall–Kier alpha value is -2.94. The fourth-order valence-corrected chi connectivity index (χ4v) is 3.94. The molecule has 0 radical (unpaired) electrons. The monoisotopic (exact) mass is 385 g/mol. The molecule has 0 fully saturated rings. The number of fused-ring (bicyclic) bond motifs is 1. The first-order chi connectivity index (χ1) is 13.1. The Labute approximate surface area is 158 Å². The van der Waals surface area contributed by atoms with Gasteiger partial charge in [0.2, 0.25) is 0 Å². The fourth-order valence-electron chi connectivity index (χ4n) is 3.03. The molecule has 1 aliphatic rings. The Morgan fingerprint density at radius 3 is 2.89 bits per heavy atom. The molecule has 0 spiro atoms. The van der Waals surface area contributed by atoms with Crippen molar-refractivity contribution < 1.29 is 9.18 Å². The highest BCUT2D eigenvalue weighted by atomic mass is 32.2. The number of hydrogen-bond donors (Lipinski definition) is 1. The lowest BCUT2D eigenvalue weighted by molar-refractivity contribution is 0.0937. The quantitative estimate of drug-likeness (QED) is 0.692. The minimum atomic E-state index is -0.842. The van der Waals surface area contributed by atoms with E-state index in [0.29, 0.717) is 17.5 Å². The molecule has 7 nitrogen and oxygen atoms in total. The maximum atomic E-state index is 14.4. The molecule has 1 atom stereocenters. The third kappa shape index (κ3) is 3.14. The maximum Gasteiger partial charge on any atom is 0.267 e. The van der Waals surface area contributed by atoms with E-state index in [9.17, 15) is 14.0 Å². The Kier molecular flexibility index (Phi) is 4.53. The van der Waals surface area contributed by atoms with Crippen LogP contribution in [-0.4, -0.2) is 30.8 Å². The van der Waals surface area contributed by atoms with Crippen LogP contribution in [0.25, 0.3) is 0 Å². The van der Waals surface area contributed by atoms with Crippen LogP contribution in [0.3, 0.4) is 0 Å². The molecule has 0 saturated carbocycles. The highest BCUT2D eigenvalue weighted by Crippen LogP contribution is 2.24. The van der Waals surface area contributed by atoms with Gasteiger partial charge in [-0.15, -0.1) is 0 Å². The second-order valence-electron chi connectivity index (χ2n) is 6.08. The van der Waals surface area contributed by atoms with E-state index < -0.39 is 23.3 Å². The van der Waals surface area contributed by atoms with Crippen molar-refractivity contribution in [2.45, 2.75) is 17.7 Å². The number of carbonyl (C=O) groups excluding carboxylic acids is 1. The number of aromatic nitrogens is 4. The molecular weight excluding hydrogens is 369 g/mol. The van der Waals surface area contributed by atoms with Gasteiger partial charge in [0.15, 0.2) is 5.16 Å². The number of imidazole rings is 1. The Bertz CT molecular complexity index is 1080. The van der Waals surface area contributed by atoms with Gasteiger partial charge < -0.3 is 9.88 Å². The Morgan fingerprint density at radius 1 is 1.33 bits per heavy atom. The van der Waals surface area contributed by atoms with Gasteiger partial charge in [0, 0.05) is 43.5 Å². The number of nitrogens with one attached hydrogen (secondary N) is 1. The number of halogens is 1. The van der Waals surface area contributed by atoms with E-state index in [-0.39, 0.29) is 11.1 Å². The largest absolute Gasteiger partial charge is 0.338 e. The lowest BCUT2D eigenvalue weighted by atomic mass is 10.0. The zero-order valence-corrected chi connectivity index (χ0v) is 15.2. The van der Waals surface area contributed by atoms with Crippen LogP contribution in [-0.2, 0) is 13.6 Å². The smallest absolute Gasteiger partial charge is 0.267 e. The van der Waals surface area contributed by atoms with Gasteiger partial charge in [-0.25, -0.2) is 14.4 Å². The van der Waals surface area contributed by atoms with E-state index in [2.05, 4.69) is 15.3 Å². The molecule has 9 heteroatoms. The average molecular weight is 385 g/mol. The summed E-state index contributed by atoms with van der Waals surface area (Å²) in [4.78, 5) is 33.9. The number of rotatable bonds is 4. The molecule has 138 valence electrons. The minimum absolute atomic E-state index is 0.0724. The molecule has 2 aromatic heterocycles. The first-order valence-corrected chi connectivity index (χ1v) is 9.30. The van der Waals surface area contributed by atoms with Crippen LogP contribution in [0.2, 0.25) is 0 Å². The summed E-state index contributed by atoms with van der Waals surface area (Å²) in [5.41, 5.74) is -0.198. The van der Waals surface area contributed by atoms with Gasteiger partial charge in [-0.2, -0.15) is 0 Å². The second-order valence-corrected chi connectivity index (χ2v) is 7.15. The molecule has 27 heavy (non-hydrogen) atoms. The summed E-state index contributed by atoms with van der Waals surface area (Å²) in [7, 11) is 1.76. The molecular formula is C18H16FN5O2S. The van der Waals surface area contributed by atoms with Crippen LogP contribution in [0.15, 0.2) is 52.8 Å². The van der Waals surface area contributed by atoms with Crippen molar-refractivity contribution in [3.8, 4) is 0 Å². The number of aryl methyl sites for hydroxylation is 1. The summed E-state index contributed by atoms with van der Waals surface area (Å²) >= 11 is 1.47. The molecule has 1 aliphatic heterocycles. The van der Waals surface area contributed by atoms with Gasteiger partial charge in [-0.05, 0) is 6.07 Å². The fraction of sp³-hybridized carbons (Fsp3) is 0.222. The van der Waals surface area contributed by atoms with Crippen molar-refractivity contribution in [3.05, 3.63) is 76.0 Å². The van der Waals surface area contributed by atoms with Gasteiger partial charge in [0.1, 0.15) is 23.2 Å². The zero-order chi connectivity index (χ0) is 19.0. The third-order valence-corrected chi connectivity index (χ3v) is 5.38. The van der Waals surface area contributed by atoms with Crippen molar-refractivity contribution >= 4 is 17.7 Å². The summed E-state index contributed by atoms with van der Waals surface area (Å²) in [6.07, 6.45) is 4.55. The second kappa shape index (κ2) is 6.99. The van der Waals surface area contributed by atoms with Crippen LogP contribution in [0.5, 0.6) is 0 Å². The lowest BCUT2D eigenvalue weighted by Gasteiger charge is -2.19. The minimum Gasteiger partial charge on any atom is -0.338 e. The van der Waals surface area contributed by atoms with Gasteiger partial charge in [0.25, 0.3) is 11.5 Å². The number of amides is 1. The molecule has 0 aliphatic carbocycles. The number of nitrogens with zero attached hydrogens (tertiary/aromatic N) is 4. The molecule has 1 aromatic carbocycles. The molecule has 3 aromatic rings. The topological polar surface area (TPSA) is 81.8 Å². The Balaban J connectivity index is 1.73. The molecule has 1 amide bonds. The summed E-state index contributed by atoms with van der Waals surface area (Å²) < 4.78 is 17.6. The summed E-state index contributed by atoms with van der Waals surface area (Å²) in [5, 5.41) is 3.35. The van der Waals surface area contributed by atoms with Crippen LogP contribution in [0.1, 0.15) is 27.8 Å². The SMILES string of the molecule is Cn1ccnc1C(NC(=O)c1cnc2n(c1=O)CCS2)c1ccccc1F.